The summed E-state index contributed by atoms with van der Waals surface area (Å²) in [6, 6.07) is 7.81. The van der Waals surface area contributed by atoms with Gasteiger partial charge in [-0.25, -0.2) is 0 Å². The van der Waals surface area contributed by atoms with Gasteiger partial charge in [-0.15, -0.1) is 0 Å². The van der Waals surface area contributed by atoms with Crippen LogP contribution < -0.4 is 11.1 Å². The Bertz CT molecular complexity index is 396. The van der Waals surface area contributed by atoms with Crippen molar-refractivity contribution in [3.8, 4) is 0 Å². The van der Waals surface area contributed by atoms with Crippen LogP contribution in [0, 0.1) is 0 Å². The Morgan fingerprint density at radius 2 is 2.16 bits per heavy atom. The van der Waals surface area contributed by atoms with E-state index in [2.05, 4.69) is 5.32 Å². The number of methoxy groups -OCH3 is 1. The molecule has 0 aliphatic carbocycles. The molecule has 106 valence electrons. The molecule has 1 amide bonds. The van der Waals surface area contributed by atoms with Crippen LogP contribution in [-0.2, 0) is 16.0 Å². The van der Waals surface area contributed by atoms with E-state index >= 15 is 0 Å². The lowest BCUT2D eigenvalue weighted by Gasteiger charge is -2.16. The fraction of sp³-hybridized carbons (Fsp3) is 0.500. The number of para-hydroxylation sites is 1. The molecule has 5 nitrogen and oxygen atoms in total. The number of nitrogens with one attached hydrogen (secondary N) is 1. The molecule has 0 bridgehead atoms. The molecule has 5 heteroatoms. The Labute approximate surface area is 114 Å². The standard InChI is InChI=1S/C14H23N3O2/c1-17(11-14(18)16-8-10-19-2)9-7-12-5-3-4-6-13(12)15/h3-6H,7-11,15H2,1-2H3,(H,16,18). The number of nitrogen functional groups attached to an aromatic ring is 1. The molecule has 1 aromatic rings. The Hall–Kier alpha value is -1.59. The van der Waals surface area contributed by atoms with Gasteiger partial charge in [-0.05, 0) is 25.1 Å². The van der Waals surface area contributed by atoms with Crippen molar-refractivity contribution in [2.75, 3.05) is 46.1 Å². The minimum absolute atomic E-state index is 0.0144. The van der Waals surface area contributed by atoms with Gasteiger partial charge >= 0.3 is 0 Å². The van der Waals surface area contributed by atoms with Crippen molar-refractivity contribution in [3.63, 3.8) is 0 Å². The summed E-state index contributed by atoms with van der Waals surface area (Å²) < 4.78 is 4.87. The molecule has 0 heterocycles. The van der Waals surface area contributed by atoms with E-state index in [1.807, 2.05) is 36.2 Å². The van der Waals surface area contributed by atoms with Crippen molar-refractivity contribution >= 4 is 11.6 Å². The van der Waals surface area contributed by atoms with Crippen molar-refractivity contribution in [3.05, 3.63) is 29.8 Å². The first-order valence-corrected chi connectivity index (χ1v) is 6.41. The van der Waals surface area contributed by atoms with Gasteiger partial charge in [0, 0.05) is 25.9 Å². The van der Waals surface area contributed by atoms with E-state index in [0.717, 1.165) is 24.2 Å². The van der Waals surface area contributed by atoms with Gasteiger partial charge in [0.1, 0.15) is 0 Å². The van der Waals surface area contributed by atoms with Crippen LogP contribution in [0.15, 0.2) is 24.3 Å². The number of ether oxygens (including phenoxy) is 1. The number of rotatable bonds is 8. The topological polar surface area (TPSA) is 67.6 Å². The summed E-state index contributed by atoms with van der Waals surface area (Å²) in [5, 5.41) is 2.79. The number of amides is 1. The van der Waals surface area contributed by atoms with Gasteiger partial charge in [0.15, 0.2) is 0 Å². The summed E-state index contributed by atoms with van der Waals surface area (Å²) in [6.45, 7) is 2.27. The quantitative estimate of drug-likeness (QED) is 0.531. The van der Waals surface area contributed by atoms with E-state index in [9.17, 15) is 4.79 Å². The Morgan fingerprint density at radius 1 is 1.42 bits per heavy atom. The maximum Gasteiger partial charge on any atom is 0.234 e. The molecule has 1 rings (SSSR count). The van der Waals surface area contributed by atoms with Gasteiger partial charge < -0.3 is 15.8 Å². The predicted molar refractivity (Wildman–Crippen MR) is 76.9 cm³/mol. The number of carbonyl (C=O) groups excluding carboxylic acids is 1. The van der Waals surface area contributed by atoms with Crippen molar-refractivity contribution in [2.45, 2.75) is 6.42 Å². The second-order valence-electron chi connectivity index (χ2n) is 4.53. The number of hydrogen-bond donors (Lipinski definition) is 2. The van der Waals surface area contributed by atoms with Gasteiger partial charge in [-0.1, -0.05) is 18.2 Å². The smallest absolute Gasteiger partial charge is 0.234 e. The normalized spacial score (nSPS) is 10.7. The average Bonchev–Trinajstić information content (AvgIpc) is 2.38. The van der Waals surface area contributed by atoms with Crippen molar-refractivity contribution < 1.29 is 9.53 Å². The molecule has 1 aromatic carbocycles. The first-order valence-electron chi connectivity index (χ1n) is 6.41. The highest BCUT2D eigenvalue weighted by atomic mass is 16.5. The third kappa shape index (κ3) is 6.22. The monoisotopic (exact) mass is 265 g/mol. The Balaban J connectivity index is 2.26. The summed E-state index contributed by atoms with van der Waals surface area (Å²) in [7, 11) is 3.54. The third-order valence-electron chi connectivity index (χ3n) is 2.86. The fourth-order valence-corrected chi connectivity index (χ4v) is 1.75. The lowest BCUT2D eigenvalue weighted by Crippen LogP contribution is -2.37. The largest absolute Gasteiger partial charge is 0.399 e. The molecular formula is C14H23N3O2. The molecule has 19 heavy (non-hydrogen) atoms. The second-order valence-corrected chi connectivity index (χ2v) is 4.53. The molecule has 0 saturated heterocycles. The summed E-state index contributed by atoms with van der Waals surface area (Å²) in [4.78, 5) is 13.6. The van der Waals surface area contributed by atoms with Gasteiger partial charge in [0.25, 0.3) is 0 Å². The van der Waals surface area contributed by atoms with Crippen LogP contribution in [0.2, 0.25) is 0 Å². The maximum atomic E-state index is 11.6. The molecule has 0 spiro atoms. The predicted octanol–water partition coefficient (Wildman–Crippen LogP) is 0.506. The van der Waals surface area contributed by atoms with Gasteiger partial charge in [-0.2, -0.15) is 0 Å². The zero-order valence-corrected chi connectivity index (χ0v) is 11.7. The van der Waals surface area contributed by atoms with Crippen LogP contribution in [0.3, 0.4) is 0 Å². The maximum absolute atomic E-state index is 11.6. The minimum atomic E-state index is 0.0144. The van der Waals surface area contributed by atoms with E-state index in [1.54, 1.807) is 7.11 Å². The minimum Gasteiger partial charge on any atom is -0.399 e. The third-order valence-corrected chi connectivity index (χ3v) is 2.86. The van der Waals surface area contributed by atoms with E-state index < -0.39 is 0 Å². The fourth-order valence-electron chi connectivity index (χ4n) is 1.75. The average molecular weight is 265 g/mol. The lowest BCUT2D eigenvalue weighted by molar-refractivity contribution is -0.122. The van der Waals surface area contributed by atoms with Gasteiger partial charge in [0.05, 0.1) is 13.2 Å². The molecule has 3 N–H and O–H groups in total. The summed E-state index contributed by atoms with van der Waals surface area (Å²) >= 11 is 0. The van der Waals surface area contributed by atoms with Gasteiger partial charge in [-0.3, -0.25) is 9.69 Å². The van der Waals surface area contributed by atoms with Crippen LogP contribution in [0.4, 0.5) is 5.69 Å². The van der Waals surface area contributed by atoms with E-state index in [0.29, 0.717) is 19.7 Å². The van der Waals surface area contributed by atoms with Crippen LogP contribution in [0.25, 0.3) is 0 Å². The lowest BCUT2D eigenvalue weighted by atomic mass is 10.1. The highest BCUT2D eigenvalue weighted by Crippen LogP contribution is 2.11. The SMILES string of the molecule is COCCNC(=O)CN(C)CCc1ccccc1N. The Kier molecular flexibility index (Phi) is 6.92. The summed E-state index contributed by atoms with van der Waals surface area (Å²) in [5.41, 5.74) is 7.80. The zero-order chi connectivity index (χ0) is 14.1. The molecule has 0 unspecified atom stereocenters. The second kappa shape index (κ2) is 8.50. The molecule has 0 atom stereocenters. The highest BCUT2D eigenvalue weighted by Gasteiger charge is 2.06. The van der Waals surface area contributed by atoms with Crippen molar-refractivity contribution in [2.24, 2.45) is 0 Å². The molecule has 0 aliphatic heterocycles. The molecule has 0 radical (unpaired) electrons. The summed E-state index contributed by atoms with van der Waals surface area (Å²) in [5.74, 6) is 0.0144. The molecule has 0 fully saturated rings. The highest BCUT2D eigenvalue weighted by molar-refractivity contribution is 5.77. The molecule has 0 aliphatic rings. The van der Waals surface area contributed by atoms with E-state index in [4.69, 9.17) is 10.5 Å². The summed E-state index contributed by atoms with van der Waals surface area (Å²) in [6.07, 6.45) is 0.842. The van der Waals surface area contributed by atoms with Crippen molar-refractivity contribution in [1.29, 1.82) is 0 Å². The molecule has 0 aromatic heterocycles. The zero-order valence-electron chi connectivity index (χ0n) is 11.7. The number of anilines is 1. The number of carbonyl (C=O) groups is 1. The Morgan fingerprint density at radius 3 is 2.84 bits per heavy atom. The van der Waals surface area contributed by atoms with E-state index in [-0.39, 0.29) is 5.91 Å². The molecular weight excluding hydrogens is 242 g/mol. The van der Waals surface area contributed by atoms with Crippen LogP contribution in [0.5, 0.6) is 0 Å². The van der Waals surface area contributed by atoms with Crippen LogP contribution in [-0.4, -0.2) is 51.2 Å². The first-order chi connectivity index (χ1) is 9.13. The number of hydrogen-bond acceptors (Lipinski definition) is 4. The number of likely N-dealkylation sites (N-methyl/N-ethyl adjacent to an activating group) is 1. The van der Waals surface area contributed by atoms with Crippen molar-refractivity contribution in [1.82, 2.24) is 10.2 Å². The van der Waals surface area contributed by atoms with Crippen LogP contribution >= 0.6 is 0 Å². The number of nitrogens with two attached hydrogens (primary N) is 1. The first kappa shape index (κ1) is 15.5. The number of nitrogens with zero attached hydrogens (tertiary/aromatic N) is 1. The van der Waals surface area contributed by atoms with Gasteiger partial charge in [0.2, 0.25) is 5.91 Å². The molecule has 0 saturated carbocycles. The van der Waals surface area contributed by atoms with Crippen LogP contribution in [0.1, 0.15) is 5.56 Å². The number of benzene rings is 1. The van der Waals surface area contributed by atoms with E-state index in [1.165, 1.54) is 0 Å².